The molecule has 0 spiro atoms. The van der Waals surface area contributed by atoms with Crippen molar-refractivity contribution in [2.24, 2.45) is 0 Å². The van der Waals surface area contributed by atoms with Gasteiger partial charge in [-0.3, -0.25) is 10.1 Å². The van der Waals surface area contributed by atoms with Crippen LogP contribution in [-0.4, -0.2) is 4.92 Å². The number of anilines is 1. The zero-order chi connectivity index (χ0) is 19.2. The van der Waals surface area contributed by atoms with Crippen LogP contribution in [0.15, 0.2) is 71.2 Å². The van der Waals surface area contributed by atoms with E-state index in [1.165, 1.54) is 12.1 Å². The average molecular weight is 448 g/mol. The van der Waals surface area contributed by atoms with Crippen molar-refractivity contribution in [3.63, 3.8) is 0 Å². The minimum absolute atomic E-state index is 0.0621. The largest absolute Gasteiger partial charge is 0.489 e. The number of para-hydroxylation sites is 1. The standard InChI is InChI=1S/C20H16BrClN2O3/c21-16-7-10-20(27-13-14-5-8-17(9-6-14)24(25)26)15(11-16)12-23-19-4-2-1-3-18(19)22/h1-11,23H,12-13H2. The molecule has 0 amide bonds. The molecule has 3 aromatic rings. The molecule has 0 heterocycles. The molecule has 1 N–H and O–H groups in total. The molecule has 0 saturated carbocycles. The topological polar surface area (TPSA) is 64.4 Å². The van der Waals surface area contributed by atoms with Crippen molar-refractivity contribution in [1.82, 2.24) is 0 Å². The Morgan fingerprint density at radius 2 is 1.81 bits per heavy atom. The quantitative estimate of drug-likeness (QED) is 0.346. The Kier molecular flexibility index (Phi) is 6.32. The summed E-state index contributed by atoms with van der Waals surface area (Å²) in [5.74, 6) is 0.733. The van der Waals surface area contributed by atoms with Crippen LogP contribution in [0, 0.1) is 10.1 Å². The number of non-ortho nitro benzene ring substituents is 1. The molecule has 0 unspecified atom stereocenters. The van der Waals surface area contributed by atoms with Gasteiger partial charge in [-0.25, -0.2) is 0 Å². The van der Waals surface area contributed by atoms with Gasteiger partial charge in [0.1, 0.15) is 12.4 Å². The van der Waals surface area contributed by atoms with E-state index >= 15 is 0 Å². The van der Waals surface area contributed by atoms with E-state index in [0.717, 1.165) is 27.0 Å². The average Bonchev–Trinajstić information content (AvgIpc) is 2.67. The fourth-order valence-corrected chi connectivity index (χ4v) is 3.11. The van der Waals surface area contributed by atoms with Crippen LogP contribution in [0.1, 0.15) is 11.1 Å². The molecule has 0 atom stereocenters. The molecule has 0 aliphatic rings. The molecule has 0 bridgehead atoms. The Morgan fingerprint density at radius 3 is 2.52 bits per heavy atom. The summed E-state index contributed by atoms with van der Waals surface area (Å²) in [5.41, 5.74) is 2.73. The molecular formula is C20H16BrClN2O3. The number of nitro groups is 1. The highest BCUT2D eigenvalue weighted by Gasteiger charge is 2.08. The van der Waals surface area contributed by atoms with E-state index in [1.54, 1.807) is 12.1 Å². The van der Waals surface area contributed by atoms with E-state index in [9.17, 15) is 10.1 Å². The Balaban J connectivity index is 1.70. The first kappa shape index (κ1) is 19.2. The molecule has 0 radical (unpaired) electrons. The van der Waals surface area contributed by atoms with E-state index in [1.807, 2.05) is 42.5 Å². The van der Waals surface area contributed by atoms with Crippen LogP contribution < -0.4 is 10.1 Å². The summed E-state index contributed by atoms with van der Waals surface area (Å²) in [6.07, 6.45) is 0. The third-order valence-corrected chi connectivity index (χ3v) is 4.73. The third-order valence-electron chi connectivity index (χ3n) is 3.91. The van der Waals surface area contributed by atoms with E-state index in [4.69, 9.17) is 16.3 Å². The number of nitro benzene ring substituents is 1. The Labute approximate surface area is 170 Å². The van der Waals surface area contributed by atoms with Gasteiger partial charge in [-0.15, -0.1) is 0 Å². The van der Waals surface area contributed by atoms with Gasteiger partial charge in [-0.1, -0.05) is 39.7 Å². The van der Waals surface area contributed by atoms with Gasteiger partial charge in [0.15, 0.2) is 0 Å². The lowest BCUT2D eigenvalue weighted by atomic mass is 10.2. The molecule has 0 aliphatic carbocycles. The Hall–Kier alpha value is -2.57. The highest BCUT2D eigenvalue weighted by molar-refractivity contribution is 9.10. The molecule has 138 valence electrons. The number of halogens is 2. The van der Waals surface area contributed by atoms with Gasteiger partial charge >= 0.3 is 0 Å². The first-order valence-electron chi connectivity index (χ1n) is 8.16. The minimum atomic E-state index is -0.419. The molecule has 27 heavy (non-hydrogen) atoms. The molecule has 3 rings (SSSR count). The van der Waals surface area contributed by atoms with Crippen LogP contribution in [0.25, 0.3) is 0 Å². The van der Waals surface area contributed by atoms with Crippen LogP contribution in [0.3, 0.4) is 0 Å². The van der Waals surface area contributed by atoms with Gasteiger partial charge in [-0.2, -0.15) is 0 Å². The summed E-state index contributed by atoms with van der Waals surface area (Å²) in [6, 6.07) is 19.6. The van der Waals surface area contributed by atoms with Crippen LogP contribution in [0.2, 0.25) is 5.02 Å². The van der Waals surface area contributed by atoms with Gasteiger partial charge in [0, 0.05) is 28.7 Å². The number of nitrogens with one attached hydrogen (secondary N) is 1. The molecule has 5 nitrogen and oxygen atoms in total. The predicted octanol–water partition coefficient (Wildman–Crippen LogP) is 6.20. The first-order valence-corrected chi connectivity index (χ1v) is 9.33. The van der Waals surface area contributed by atoms with Gasteiger partial charge in [0.05, 0.1) is 15.6 Å². The lowest BCUT2D eigenvalue weighted by Crippen LogP contribution is -2.04. The summed E-state index contributed by atoms with van der Waals surface area (Å²) in [7, 11) is 0. The van der Waals surface area contributed by atoms with Crippen molar-refractivity contribution in [2.45, 2.75) is 13.2 Å². The minimum Gasteiger partial charge on any atom is -0.489 e. The van der Waals surface area contributed by atoms with Crippen molar-refractivity contribution in [1.29, 1.82) is 0 Å². The lowest BCUT2D eigenvalue weighted by molar-refractivity contribution is -0.384. The van der Waals surface area contributed by atoms with Crippen LogP contribution in [0.5, 0.6) is 5.75 Å². The fraction of sp³-hybridized carbons (Fsp3) is 0.100. The van der Waals surface area contributed by atoms with Crippen molar-refractivity contribution in [2.75, 3.05) is 5.32 Å². The number of hydrogen-bond acceptors (Lipinski definition) is 4. The third kappa shape index (κ3) is 5.21. The maximum absolute atomic E-state index is 10.7. The zero-order valence-corrected chi connectivity index (χ0v) is 16.5. The van der Waals surface area contributed by atoms with Crippen LogP contribution in [0.4, 0.5) is 11.4 Å². The fourth-order valence-electron chi connectivity index (χ4n) is 2.50. The highest BCUT2D eigenvalue weighted by Crippen LogP contribution is 2.27. The first-order chi connectivity index (χ1) is 13.0. The van der Waals surface area contributed by atoms with Gasteiger partial charge in [-0.05, 0) is 48.0 Å². The van der Waals surface area contributed by atoms with Crippen molar-refractivity contribution >= 4 is 38.9 Å². The summed E-state index contributed by atoms with van der Waals surface area (Å²) in [5, 5.41) is 14.7. The molecule has 0 saturated heterocycles. The Morgan fingerprint density at radius 1 is 1.07 bits per heavy atom. The van der Waals surface area contributed by atoms with Gasteiger partial charge in [0.2, 0.25) is 0 Å². The smallest absolute Gasteiger partial charge is 0.269 e. The van der Waals surface area contributed by atoms with E-state index in [0.29, 0.717) is 18.2 Å². The number of nitrogens with zero attached hydrogens (tertiary/aromatic N) is 1. The number of benzene rings is 3. The number of ether oxygens (including phenoxy) is 1. The summed E-state index contributed by atoms with van der Waals surface area (Å²) in [4.78, 5) is 10.3. The van der Waals surface area contributed by atoms with Crippen molar-refractivity contribution < 1.29 is 9.66 Å². The molecule has 3 aromatic carbocycles. The lowest BCUT2D eigenvalue weighted by Gasteiger charge is -2.14. The van der Waals surface area contributed by atoms with Crippen molar-refractivity contribution in [3.05, 3.63) is 97.5 Å². The molecule has 0 aliphatic heterocycles. The van der Waals surface area contributed by atoms with E-state index in [-0.39, 0.29) is 5.69 Å². The second kappa shape index (κ2) is 8.88. The predicted molar refractivity (Wildman–Crippen MR) is 110 cm³/mol. The summed E-state index contributed by atoms with van der Waals surface area (Å²) in [6.45, 7) is 0.859. The van der Waals surface area contributed by atoms with Gasteiger partial charge < -0.3 is 10.1 Å². The molecule has 0 fully saturated rings. The second-order valence-corrected chi connectivity index (χ2v) is 7.12. The van der Waals surface area contributed by atoms with E-state index in [2.05, 4.69) is 21.2 Å². The second-order valence-electron chi connectivity index (χ2n) is 5.80. The monoisotopic (exact) mass is 446 g/mol. The molecule has 0 aromatic heterocycles. The molecular weight excluding hydrogens is 432 g/mol. The maximum atomic E-state index is 10.7. The van der Waals surface area contributed by atoms with E-state index < -0.39 is 4.92 Å². The Bertz CT molecular complexity index is 948. The summed E-state index contributed by atoms with van der Waals surface area (Å²) >= 11 is 9.67. The highest BCUT2D eigenvalue weighted by atomic mass is 79.9. The zero-order valence-electron chi connectivity index (χ0n) is 14.2. The summed E-state index contributed by atoms with van der Waals surface area (Å²) < 4.78 is 6.88. The van der Waals surface area contributed by atoms with Crippen molar-refractivity contribution in [3.8, 4) is 5.75 Å². The SMILES string of the molecule is O=[N+]([O-])c1ccc(COc2ccc(Br)cc2CNc2ccccc2Cl)cc1. The van der Waals surface area contributed by atoms with Crippen LogP contribution in [-0.2, 0) is 13.2 Å². The van der Waals surface area contributed by atoms with Gasteiger partial charge in [0.25, 0.3) is 5.69 Å². The normalized spacial score (nSPS) is 10.4. The number of hydrogen-bond donors (Lipinski definition) is 1. The molecule has 7 heteroatoms. The number of rotatable bonds is 7. The van der Waals surface area contributed by atoms with Crippen LogP contribution >= 0.6 is 27.5 Å². The maximum Gasteiger partial charge on any atom is 0.269 e.